The van der Waals surface area contributed by atoms with Gasteiger partial charge in [-0.15, -0.1) is 0 Å². The molecule has 86 valence electrons. The smallest absolute Gasteiger partial charge is 0.252 e. The fourth-order valence-corrected chi connectivity index (χ4v) is 2.13. The maximum atomic E-state index is 11.5. The van der Waals surface area contributed by atoms with Crippen LogP contribution in [-0.2, 0) is 0 Å². The summed E-state index contributed by atoms with van der Waals surface area (Å²) < 4.78 is 0. The molecule has 16 heavy (non-hydrogen) atoms. The SMILES string of the molecule is O=c1cc(N2CCC(O)C2)nc(C2CC2)[nH]1. The predicted molar refractivity (Wildman–Crippen MR) is 59.7 cm³/mol. The number of aromatic amines is 1. The summed E-state index contributed by atoms with van der Waals surface area (Å²) in [7, 11) is 0. The lowest BCUT2D eigenvalue weighted by Gasteiger charge is -2.16. The summed E-state index contributed by atoms with van der Waals surface area (Å²) in [6.07, 6.45) is 2.71. The van der Waals surface area contributed by atoms with Gasteiger partial charge in [0.15, 0.2) is 0 Å². The summed E-state index contributed by atoms with van der Waals surface area (Å²) in [5.41, 5.74) is -0.0895. The van der Waals surface area contributed by atoms with E-state index in [2.05, 4.69) is 9.97 Å². The van der Waals surface area contributed by atoms with Crippen molar-refractivity contribution in [3.63, 3.8) is 0 Å². The van der Waals surface area contributed by atoms with Crippen molar-refractivity contribution in [3.8, 4) is 0 Å². The summed E-state index contributed by atoms with van der Waals surface area (Å²) in [4.78, 5) is 20.7. The number of hydrogen-bond donors (Lipinski definition) is 2. The van der Waals surface area contributed by atoms with Crippen LogP contribution >= 0.6 is 0 Å². The molecule has 1 atom stereocenters. The second kappa shape index (κ2) is 3.59. The van der Waals surface area contributed by atoms with E-state index in [-0.39, 0.29) is 11.7 Å². The Balaban J connectivity index is 1.91. The van der Waals surface area contributed by atoms with Crippen LogP contribution in [0.2, 0.25) is 0 Å². The molecule has 1 unspecified atom stereocenters. The van der Waals surface area contributed by atoms with Gasteiger partial charge in [0, 0.05) is 25.1 Å². The minimum Gasteiger partial charge on any atom is -0.391 e. The number of anilines is 1. The van der Waals surface area contributed by atoms with Crippen molar-refractivity contribution in [1.29, 1.82) is 0 Å². The first-order valence-corrected chi connectivity index (χ1v) is 5.76. The van der Waals surface area contributed by atoms with Crippen molar-refractivity contribution in [1.82, 2.24) is 9.97 Å². The quantitative estimate of drug-likeness (QED) is 0.749. The van der Waals surface area contributed by atoms with E-state index in [9.17, 15) is 9.90 Å². The molecule has 0 amide bonds. The van der Waals surface area contributed by atoms with E-state index in [1.807, 2.05) is 4.90 Å². The summed E-state index contributed by atoms with van der Waals surface area (Å²) in [5, 5.41) is 9.47. The highest BCUT2D eigenvalue weighted by atomic mass is 16.3. The minimum atomic E-state index is -0.287. The highest BCUT2D eigenvalue weighted by Gasteiger charge is 2.28. The standard InChI is InChI=1S/C11H15N3O2/c15-8-3-4-14(6-8)9-5-10(16)13-11(12-9)7-1-2-7/h5,7-8,15H,1-4,6H2,(H,12,13,16). The van der Waals surface area contributed by atoms with Crippen LogP contribution in [0.3, 0.4) is 0 Å². The number of β-amino-alcohol motifs (C(OH)–C–C–N with tert-alkyl or cyclic N) is 1. The molecule has 0 bridgehead atoms. The molecule has 1 aromatic heterocycles. The third kappa shape index (κ3) is 1.82. The van der Waals surface area contributed by atoms with Crippen molar-refractivity contribution in [2.24, 2.45) is 0 Å². The van der Waals surface area contributed by atoms with E-state index in [0.29, 0.717) is 18.3 Å². The molecular formula is C11H15N3O2. The van der Waals surface area contributed by atoms with Gasteiger partial charge in [0.2, 0.25) is 0 Å². The maximum Gasteiger partial charge on any atom is 0.252 e. The van der Waals surface area contributed by atoms with Crippen LogP contribution in [-0.4, -0.2) is 34.3 Å². The summed E-state index contributed by atoms with van der Waals surface area (Å²) >= 11 is 0. The first-order valence-electron chi connectivity index (χ1n) is 5.76. The molecule has 0 aromatic carbocycles. The zero-order chi connectivity index (χ0) is 11.1. The van der Waals surface area contributed by atoms with Crippen LogP contribution in [0.25, 0.3) is 0 Å². The van der Waals surface area contributed by atoms with Gasteiger partial charge in [-0.3, -0.25) is 4.79 Å². The molecule has 5 nitrogen and oxygen atoms in total. The topological polar surface area (TPSA) is 69.2 Å². The van der Waals surface area contributed by atoms with Gasteiger partial charge in [0.1, 0.15) is 11.6 Å². The zero-order valence-corrected chi connectivity index (χ0v) is 9.02. The molecular weight excluding hydrogens is 206 g/mol. The van der Waals surface area contributed by atoms with Crippen LogP contribution in [0.5, 0.6) is 0 Å². The van der Waals surface area contributed by atoms with Crippen LogP contribution in [0.4, 0.5) is 5.82 Å². The van der Waals surface area contributed by atoms with E-state index in [0.717, 1.165) is 31.6 Å². The van der Waals surface area contributed by atoms with Gasteiger partial charge in [0.05, 0.1) is 6.10 Å². The average Bonchev–Trinajstić information content (AvgIpc) is 3.01. The predicted octanol–water partition coefficient (Wildman–Crippen LogP) is 0.218. The third-order valence-corrected chi connectivity index (χ3v) is 3.20. The fourth-order valence-electron chi connectivity index (χ4n) is 2.13. The first-order chi connectivity index (χ1) is 7.72. The molecule has 5 heteroatoms. The van der Waals surface area contributed by atoms with E-state index < -0.39 is 0 Å². The lowest BCUT2D eigenvalue weighted by molar-refractivity contribution is 0.198. The van der Waals surface area contributed by atoms with Crippen LogP contribution in [0.15, 0.2) is 10.9 Å². The zero-order valence-electron chi connectivity index (χ0n) is 9.02. The number of nitrogens with zero attached hydrogens (tertiary/aromatic N) is 2. The third-order valence-electron chi connectivity index (χ3n) is 3.20. The number of hydrogen-bond acceptors (Lipinski definition) is 4. The molecule has 1 aliphatic heterocycles. The van der Waals surface area contributed by atoms with Crippen LogP contribution in [0, 0.1) is 0 Å². The normalized spacial score (nSPS) is 25.1. The van der Waals surface area contributed by atoms with Crippen LogP contribution in [0.1, 0.15) is 31.0 Å². The second-order valence-corrected chi connectivity index (χ2v) is 4.65. The minimum absolute atomic E-state index is 0.0895. The highest BCUT2D eigenvalue weighted by molar-refractivity contribution is 5.39. The first kappa shape index (κ1) is 9.84. The van der Waals surface area contributed by atoms with E-state index in [4.69, 9.17) is 0 Å². The largest absolute Gasteiger partial charge is 0.391 e. The van der Waals surface area contributed by atoms with Gasteiger partial charge in [-0.1, -0.05) is 0 Å². The molecule has 2 N–H and O–H groups in total. The maximum absolute atomic E-state index is 11.5. The number of aromatic nitrogens is 2. The van der Waals surface area contributed by atoms with Crippen molar-refractivity contribution < 1.29 is 5.11 Å². The van der Waals surface area contributed by atoms with Gasteiger partial charge in [-0.2, -0.15) is 0 Å². The molecule has 1 saturated heterocycles. The Bertz CT molecular complexity index is 453. The highest BCUT2D eigenvalue weighted by Crippen LogP contribution is 2.38. The Hall–Kier alpha value is -1.36. The number of H-pyrrole nitrogens is 1. The van der Waals surface area contributed by atoms with Gasteiger partial charge in [-0.25, -0.2) is 4.98 Å². The van der Waals surface area contributed by atoms with Crippen molar-refractivity contribution in [3.05, 3.63) is 22.2 Å². The lowest BCUT2D eigenvalue weighted by atomic mass is 10.3. The van der Waals surface area contributed by atoms with Crippen LogP contribution < -0.4 is 10.5 Å². The molecule has 2 heterocycles. The number of aliphatic hydroxyl groups is 1. The molecule has 1 aliphatic carbocycles. The average molecular weight is 221 g/mol. The molecule has 3 rings (SSSR count). The lowest BCUT2D eigenvalue weighted by Crippen LogP contribution is -2.25. The molecule has 1 aromatic rings. The van der Waals surface area contributed by atoms with E-state index >= 15 is 0 Å². The molecule has 0 spiro atoms. The second-order valence-electron chi connectivity index (χ2n) is 4.65. The Morgan fingerprint density at radius 3 is 2.88 bits per heavy atom. The molecule has 1 saturated carbocycles. The summed E-state index contributed by atoms with van der Waals surface area (Å²) in [5.74, 6) is 1.96. The Morgan fingerprint density at radius 1 is 1.44 bits per heavy atom. The number of aliphatic hydroxyl groups excluding tert-OH is 1. The Kier molecular flexibility index (Phi) is 2.21. The van der Waals surface area contributed by atoms with Gasteiger partial charge < -0.3 is 15.0 Å². The van der Waals surface area contributed by atoms with Gasteiger partial charge >= 0.3 is 0 Å². The number of rotatable bonds is 2. The number of nitrogens with one attached hydrogen (secondary N) is 1. The Morgan fingerprint density at radius 2 is 2.25 bits per heavy atom. The molecule has 0 radical (unpaired) electrons. The van der Waals surface area contributed by atoms with E-state index in [1.165, 1.54) is 6.07 Å². The molecule has 2 aliphatic rings. The van der Waals surface area contributed by atoms with Crippen molar-refractivity contribution >= 4 is 5.82 Å². The summed E-state index contributed by atoms with van der Waals surface area (Å²) in [6.45, 7) is 1.36. The molecule has 2 fully saturated rings. The van der Waals surface area contributed by atoms with Crippen molar-refractivity contribution in [2.75, 3.05) is 18.0 Å². The fraction of sp³-hybridized carbons (Fsp3) is 0.636. The van der Waals surface area contributed by atoms with E-state index in [1.54, 1.807) is 0 Å². The monoisotopic (exact) mass is 221 g/mol. The van der Waals surface area contributed by atoms with Crippen molar-refractivity contribution in [2.45, 2.75) is 31.3 Å². The van der Waals surface area contributed by atoms with Gasteiger partial charge in [-0.05, 0) is 19.3 Å². The van der Waals surface area contributed by atoms with Gasteiger partial charge in [0.25, 0.3) is 5.56 Å². The Labute approximate surface area is 93.1 Å². The summed E-state index contributed by atoms with van der Waals surface area (Å²) in [6, 6.07) is 1.52.